The first-order chi connectivity index (χ1) is 5.55. The zero-order valence-corrected chi connectivity index (χ0v) is 9.44. The second kappa shape index (κ2) is 3.03. The molecule has 2 unspecified atom stereocenters. The quantitative estimate of drug-likeness (QED) is 0.531. The molecule has 2 aliphatic heterocycles. The van der Waals surface area contributed by atoms with Gasteiger partial charge in [0.1, 0.15) is 0 Å². The van der Waals surface area contributed by atoms with Crippen LogP contribution < -0.4 is 0 Å². The topological polar surface area (TPSA) is 9.72 Å². The smallest absolute Gasteiger partial charge is 0.0538 e. The van der Waals surface area contributed by atoms with Gasteiger partial charge in [-0.2, -0.15) is 0 Å². The lowest BCUT2D eigenvalue weighted by molar-refractivity contribution is -0.00358. The third-order valence-corrected chi connectivity index (χ3v) is 4.97. The number of rotatable bonds is 0. The van der Waals surface area contributed by atoms with E-state index in [-0.39, 0.29) is 0 Å². The molecule has 2 bridgehead atoms. The molecule has 0 saturated carbocycles. The molecule has 0 radical (unpaired) electrons. The van der Waals surface area contributed by atoms with Gasteiger partial charge in [-0.15, -0.1) is 0 Å². The van der Waals surface area contributed by atoms with Crippen LogP contribution in [0, 0.1) is 0 Å². The summed E-state index contributed by atoms with van der Waals surface area (Å²) < 4.78 is 0. The SMILES string of the molecule is CN1CN2CN(C1)CP(C)(=S)C2. The largest absolute Gasteiger partial charge is 0.280 e. The number of fused-ring (bicyclic) bond motifs is 2. The molecule has 0 aromatic heterocycles. The summed E-state index contributed by atoms with van der Waals surface area (Å²) in [5.74, 6) is 0. The molecule has 2 rings (SSSR count). The van der Waals surface area contributed by atoms with E-state index in [4.69, 9.17) is 11.8 Å². The van der Waals surface area contributed by atoms with Crippen molar-refractivity contribution in [3.05, 3.63) is 0 Å². The first kappa shape index (κ1) is 9.10. The fourth-order valence-electron chi connectivity index (χ4n) is 2.17. The second-order valence-corrected chi connectivity index (χ2v) is 10.0. The van der Waals surface area contributed by atoms with Crippen molar-refractivity contribution in [3.63, 3.8) is 0 Å². The van der Waals surface area contributed by atoms with Crippen molar-refractivity contribution in [3.8, 4) is 0 Å². The molecule has 2 saturated heterocycles. The van der Waals surface area contributed by atoms with Gasteiger partial charge in [0.2, 0.25) is 0 Å². The van der Waals surface area contributed by atoms with Crippen molar-refractivity contribution < 1.29 is 0 Å². The highest BCUT2D eigenvalue weighted by molar-refractivity contribution is 8.14. The Bertz CT molecular complexity index is 211. The predicted octanol–water partition coefficient (Wildman–Crippen LogP) is 0.446. The Kier molecular flexibility index (Phi) is 2.30. The van der Waals surface area contributed by atoms with Crippen LogP contribution in [-0.4, -0.2) is 61.0 Å². The molecule has 70 valence electrons. The summed E-state index contributed by atoms with van der Waals surface area (Å²) >= 11 is 5.60. The van der Waals surface area contributed by atoms with E-state index >= 15 is 0 Å². The van der Waals surface area contributed by atoms with Crippen LogP contribution in [0.5, 0.6) is 0 Å². The van der Waals surface area contributed by atoms with Crippen LogP contribution >= 0.6 is 6.04 Å². The monoisotopic (exact) mass is 205 g/mol. The van der Waals surface area contributed by atoms with Crippen molar-refractivity contribution in [2.24, 2.45) is 0 Å². The molecule has 2 fully saturated rings. The van der Waals surface area contributed by atoms with E-state index in [0.29, 0.717) is 0 Å². The molecule has 3 nitrogen and oxygen atoms in total. The van der Waals surface area contributed by atoms with Crippen LogP contribution in [-0.2, 0) is 11.8 Å². The van der Waals surface area contributed by atoms with Crippen molar-refractivity contribution in [2.75, 3.05) is 46.3 Å². The van der Waals surface area contributed by atoms with Crippen LogP contribution in [0.1, 0.15) is 0 Å². The van der Waals surface area contributed by atoms with Crippen molar-refractivity contribution in [2.45, 2.75) is 0 Å². The van der Waals surface area contributed by atoms with Crippen LogP contribution in [0.2, 0.25) is 0 Å². The fraction of sp³-hybridized carbons (Fsp3) is 1.00. The molecule has 0 spiro atoms. The summed E-state index contributed by atoms with van der Waals surface area (Å²) in [7, 11) is 2.17. The van der Waals surface area contributed by atoms with Gasteiger partial charge in [0.05, 0.1) is 20.0 Å². The lowest BCUT2D eigenvalue weighted by atomic mass is 10.6. The van der Waals surface area contributed by atoms with Gasteiger partial charge in [0.15, 0.2) is 0 Å². The minimum Gasteiger partial charge on any atom is -0.280 e. The number of hydrogen-bond donors (Lipinski definition) is 0. The number of nitrogens with zero attached hydrogens (tertiary/aromatic N) is 3. The van der Waals surface area contributed by atoms with E-state index in [1.165, 1.54) is 12.6 Å². The fourth-order valence-corrected chi connectivity index (χ4v) is 5.29. The zero-order chi connectivity index (χ0) is 8.77. The molecule has 5 heteroatoms. The van der Waals surface area contributed by atoms with Gasteiger partial charge in [-0.3, -0.25) is 14.7 Å². The summed E-state index contributed by atoms with van der Waals surface area (Å²) in [5, 5.41) is 0. The summed E-state index contributed by atoms with van der Waals surface area (Å²) in [6.45, 7) is 5.62. The van der Waals surface area contributed by atoms with Crippen molar-refractivity contribution in [1.29, 1.82) is 0 Å². The lowest BCUT2D eigenvalue weighted by Gasteiger charge is -2.47. The third-order valence-electron chi connectivity index (χ3n) is 2.28. The Hall–Kier alpha value is 0.530. The molecule has 2 aliphatic rings. The Balaban J connectivity index is 2.11. The first-order valence-corrected chi connectivity index (χ1v) is 7.86. The van der Waals surface area contributed by atoms with E-state index in [1.54, 1.807) is 0 Å². The highest BCUT2D eigenvalue weighted by atomic mass is 32.4. The van der Waals surface area contributed by atoms with E-state index < -0.39 is 6.04 Å². The van der Waals surface area contributed by atoms with Gasteiger partial charge < -0.3 is 0 Å². The molecule has 0 amide bonds. The van der Waals surface area contributed by atoms with Crippen LogP contribution in [0.3, 0.4) is 0 Å². The zero-order valence-electron chi connectivity index (χ0n) is 7.73. The third kappa shape index (κ3) is 1.88. The summed E-state index contributed by atoms with van der Waals surface area (Å²) in [5.41, 5.74) is 0. The molecule has 12 heavy (non-hydrogen) atoms. The molecule has 2 atom stereocenters. The van der Waals surface area contributed by atoms with Crippen molar-refractivity contribution >= 4 is 17.8 Å². The standard InChI is InChI=1S/C7H16N3PS/c1-8-3-9-5-10(4-8)7-11(2,12)6-9/h3-7H2,1-2H3. The molecular formula is C7H16N3PS. The molecule has 0 aromatic carbocycles. The summed E-state index contributed by atoms with van der Waals surface area (Å²) in [4.78, 5) is 7.28. The minimum atomic E-state index is -1.03. The van der Waals surface area contributed by atoms with Crippen molar-refractivity contribution in [1.82, 2.24) is 14.7 Å². The average Bonchev–Trinajstić information content (AvgIpc) is 1.78. The molecule has 2 heterocycles. The Morgan fingerprint density at radius 3 is 2.08 bits per heavy atom. The van der Waals surface area contributed by atoms with E-state index in [0.717, 1.165) is 20.0 Å². The second-order valence-electron chi connectivity index (χ2n) is 4.20. The maximum atomic E-state index is 5.60. The maximum Gasteiger partial charge on any atom is 0.0538 e. The van der Waals surface area contributed by atoms with E-state index in [2.05, 4.69) is 28.4 Å². The Labute approximate surface area is 79.3 Å². The molecule has 0 aliphatic carbocycles. The predicted molar refractivity (Wildman–Crippen MR) is 56.0 cm³/mol. The Morgan fingerprint density at radius 1 is 1.08 bits per heavy atom. The van der Waals surface area contributed by atoms with Gasteiger partial charge in [-0.1, -0.05) is 11.8 Å². The van der Waals surface area contributed by atoms with Gasteiger partial charge in [-0.05, 0) is 19.8 Å². The number of hydrogen-bond acceptors (Lipinski definition) is 4. The van der Waals surface area contributed by atoms with Crippen LogP contribution in [0.15, 0.2) is 0 Å². The molecular weight excluding hydrogens is 189 g/mol. The molecule has 0 N–H and O–H groups in total. The minimum absolute atomic E-state index is 1.03. The van der Waals surface area contributed by atoms with Gasteiger partial charge in [0, 0.05) is 12.6 Å². The summed E-state index contributed by atoms with van der Waals surface area (Å²) in [6.07, 6.45) is 2.34. The van der Waals surface area contributed by atoms with E-state index in [1.807, 2.05) is 0 Å². The van der Waals surface area contributed by atoms with Crippen LogP contribution in [0.25, 0.3) is 0 Å². The van der Waals surface area contributed by atoms with Gasteiger partial charge in [-0.25, -0.2) is 0 Å². The normalized spacial score (nSPS) is 49.2. The Morgan fingerprint density at radius 2 is 1.58 bits per heavy atom. The van der Waals surface area contributed by atoms with Gasteiger partial charge in [0.25, 0.3) is 0 Å². The lowest BCUT2D eigenvalue weighted by Crippen LogP contribution is -2.56. The highest BCUT2D eigenvalue weighted by Crippen LogP contribution is 2.46. The van der Waals surface area contributed by atoms with Crippen LogP contribution in [0.4, 0.5) is 0 Å². The maximum absolute atomic E-state index is 5.60. The van der Waals surface area contributed by atoms with E-state index in [9.17, 15) is 0 Å². The molecule has 0 aromatic rings. The van der Waals surface area contributed by atoms with Gasteiger partial charge >= 0.3 is 0 Å². The first-order valence-electron chi connectivity index (χ1n) is 4.24. The highest BCUT2D eigenvalue weighted by Gasteiger charge is 2.31. The summed E-state index contributed by atoms with van der Waals surface area (Å²) in [6, 6.07) is -1.03. The average molecular weight is 205 g/mol.